The molecule has 0 bridgehead atoms. The first-order chi connectivity index (χ1) is 11.0. The fraction of sp³-hybridized carbons (Fsp3) is 0.905. The van der Waals surface area contributed by atoms with Gasteiger partial charge in [-0.2, -0.15) is 0 Å². The Bertz CT molecular complexity index is 532. The molecule has 5 aliphatic rings. The van der Waals surface area contributed by atoms with Crippen LogP contribution in [0.2, 0.25) is 0 Å². The minimum absolute atomic E-state index is 0.255. The summed E-state index contributed by atoms with van der Waals surface area (Å²) in [6.07, 6.45) is 14.7. The molecule has 0 aromatic carbocycles. The summed E-state index contributed by atoms with van der Waals surface area (Å²) in [6, 6.07) is 0. The van der Waals surface area contributed by atoms with Crippen LogP contribution in [0.4, 0.5) is 0 Å². The van der Waals surface area contributed by atoms with Gasteiger partial charge in [-0.1, -0.05) is 31.9 Å². The zero-order valence-corrected chi connectivity index (χ0v) is 14.9. The van der Waals surface area contributed by atoms with Crippen LogP contribution in [-0.2, 0) is 9.47 Å². The molecule has 4 aliphatic carbocycles. The molecule has 0 unspecified atom stereocenters. The van der Waals surface area contributed by atoms with E-state index in [-0.39, 0.29) is 5.79 Å². The smallest absolute Gasteiger partial charge is 0.172 e. The molecule has 5 rings (SSSR count). The quantitative estimate of drug-likeness (QED) is 0.580. The van der Waals surface area contributed by atoms with Crippen molar-refractivity contribution in [2.45, 2.75) is 77.4 Å². The fourth-order valence-corrected chi connectivity index (χ4v) is 7.34. The lowest BCUT2D eigenvalue weighted by Crippen LogP contribution is -2.51. The van der Waals surface area contributed by atoms with E-state index in [1.54, 1.807) is 5.57 Å². The van der Waals surface area contributed by atoms with Gasteiger partial charge in [0.1, 0.15) is 0 Å². The summed E-state index contributed by atoms with van der Waals surface area (Å²) >= 11 is 0. The first-order valence-electron chi connectivity index (χ1n) is 10.0. The molecule has 0 N–H and O–H groups in total. The Morgan fingerprint density at radius 3 is 2.61 bits per heavy atom. The standard InChI is InChI=1S/C21H32O2/c1-19-8-3-4-17(19)16-6-5-15-14-21(22-12-13-23-21)11-10-20(15,2)18(16)7-9-19/h5,16-18H,3-4,6-14H2,1-2H3/t16-,17-,18-,19-,20-/m0/s1. The van der Waals surface area contributed by atoms with E-state index in [0.29, 0.717) is 10.8 Å². The molecule has 1 heterocycles. The summed E-state index contributed by atoms with van der Waals surface area (Å²) in [4.78, 5) is 0. The first kappa shape index (κ1) is 15.0. The molecule has 2 heteroatoms. The topological polar surface area (TPSA) is 18.5 Å². The lowest BCUT2D eigenvalue weighted by Gasteiger charge is -2.58. The summed E-state index contributed by atoms with van der Waals surface area (Å²) in [5.74, 6) is 2.60. The predicted octanol–water partition coefficient (Wildman–Crippen LogP) is 5.08. The molecule has 2 nitrogen and oxygen atoms in total. The van der Waals surface area contributed by atoms with Crippen LogP contribution in [0.1, 0.15) is 71.6 Å². The van der Waals surface area contributed by atoms with Gasteiger partial charge in [0.15, 0.2) is 5.79 Å². The van der Waals surface area contributed by atoms with E-state index in [1.807, 2.05) is 0 Å². The van der Waals surface area contributed by atoms with Crippen LogP contribution < -0.4 is 0 Å². The zero-order valence-electron chi connectivity index (χ0n) is 14.9. The molecule has 0 aromatic heterocycles. The maximum Gasteiger partial charge on any atom is 0.172 e. The monoisotopic (exact) mass is 316 g/mol. The highest BCUT2D eigenvalue weighted by Crippen LogP contribution is 2.65. The largest absolute Gasteiger partial charge is 0.347 e. The van der Waals surface area contributed by atoms with Gasteiger partial charge in [-0.05, 0) is 67.1 Å². The third-order valence-electron chi connectivity index (χ3n) is 8.71. The van der Waals surface area contributed by atoms with Gasteiger partial charge in [0, 0.05) is 12.8 Å². The van der Waals surface area contributed by atoms with Crippen LogP contribution in [-0.4, -0.2) is 19.0 Å². The Kier molecular flexibility index (Phi) is 3.15. The van der Waals surface area contributed by atoms with Crippen LogP contribution in [0, 0.1) is 28.6 Å². The molecule has 3 saturated carbocycles. The third kappa shape index (κ3) is 2.00. The van der Waals surface area contributed by atoms with Crippen molar-refractivity contribution in [3.8, 4) is 0 Å². The number of rotatable bonds is 0. The minimum Gasteiger partial charge on any atom is -0.347 e. The second kappa shape index (κ2) is 4.85. The summed E-state index contributed by atoms with van der Waals surface area (Å²) in [6.45, 7) is 6.75. The molecular weight excluding hydrogens is 284 g/mol. The maximum absolute atomic E-state index is 6.03. The van der Waals surface area contributed by atoms with Crippen molar-refractivity contribution < 1.29 is 9.47 Å². The maximum atomic E-state index is 6.03. The molecule has 4 fully saturated rings. The van der Waals surface area contributed by atoms with Crippen LogP contribution in [0.25, 0.3) is 0 Å². The molecule has 5 atom stereocenters. The SMILES string of the molecule is C[C@@]12CCC[C@H]1[C@@H]1CC=C3CC4(CC[C@]3(C)[C@H]1CC2)OCCO4. The Labute approximate surface area is 141 Å². The molecule has 0 radical (unpaired) electrons. The Balaban J connectivity index is 1.46. The number of hydrogen-bond acceptors (Lipinski definition) is 2. The molecule has 0 amide bonds. The normalized spacial score (nSPS) is 51.0. The van der Waals surface area contributed by atoms with Gasteiger partial charge >= 0.3 is 0 Å². The Morgan fingerprint density at radius 1 is 0.957 bits per heavy atom. The second-order valence-corrected chi connectivity index (χ2v) is 9.63. The van der Waals surface area contributed by atoms with Crippen molar-refractivity contribution in [3.05, 3.63) is 11.6 Å². The van der Waals surface area contributed by atoms with Crippen molar-refractivity contribution in [2.24, 2.45) is 28.6 Å². The van der Waals surface area contributed by atoms with Crippen molar-refractivity contribution in [3.63, 3.8) is 0 Å². The van der Waals surface area contributed by atoms with E-state index in [4.69, 9.17) is 9.47 Å². The molecule has 0 aromatic rings. The molecule has 128 valence electrons. The van der Waals surface area contributed by atoms with Gasteiger partial charge in [-0.3, -0.25) is 0 Å². The molecule has 1 saturated heterocycles. The van der Waals surface area contributed by atoms with Gasteiger partial charge in [-0.25, -0.2) is 0 Å². The minimum atomic E-state index is -0.255. The summed E-state index contributed by atoms with van der Waals surface area (Å²) < 4.78 is 12.1. The zero-order chi connectivity index (χ0) is 15.7. The van der Waals surface area contributed by atoms with Gasteiger partial charge in [-0.15, -0.1) is 0 Å². The van der Waals surface area contributed by atoms with Gasteiger partial charge in [0.2, 0.25) is 0 Å². The van der Waals surface area contributed by atoms with E-state index in [0.717, 1.165) is 43.8 Å². The lowest BCUT2D eigenvalue weighted by molar-refractivity contribution is -0.184. The van der Waals surface area contributed by atoms with Crippen molar-refractivity contribution in [1.82, 2.24) is 0 Å². The average Bonchev–Trinajstić information content (AvgIpc) is 3.15. The van der Waals surface area contributed by atoms with Crippen LogP contribution in [0.5, 0.6) is 0 Å². The lowest BCUT2D eigenvalue weighted by atomic mass is 9.48. The summed E-state index contributed by atoms with van der Waals surface area (Å²) in [5, 5.41) is 0. The Hall–Kier alpha value is -0.340. The average molecular weight is 316 g/mol. The van der Waals surface area contributed by atoms with Crippen molar-refractivity contribution in [2.75, 3.05) is 13.2 Å². The van der Waals surface area contributed by atoms with Crippen molar-refractivity contribution >= 4 is 0 Å². The number of fused-ring (bicyclic) bond motifs is 5. The summed E-state index contributed by atoms with van der Waals surface area (Å²) in [7, 11) is 0. The van der Waals surface area contributed by atoms with Gasteiger partial charge in [0.05, 0.1) is 13.2 Å². The number of hydrogen-bond donors (Lipinski definition) is 0. The third-order valence-corrected chi connectivity index (χ3v) is 8.71. The summed E-state index contributed by atoms with van der Waals surface area (Å²) in [5.41, 5.74) is 2.76. The highest BCUT2D eigenvalue weighted by molar-refractivity contribution is 5.26. The highest BCUT2D eigenvalue weighted by atomic mass is 16.7. The second-order valence-electron chi connectivity index (χ2n) is 9.63. The molecule has 23 heavy (non-hydrogen) atoms. The van der Waals surface area contributed by atoms with Gasteiger partial charge < -0.3 is 9.47 Å². The predicted molar refractivity (Wildman–Crippen MR) is 91.0 cm³/mol. The van der Waals surface area contributed by atoms with E-state index >= 15 is 0 Å². The first-order valence-corrected chi connectivity index (χ1v) is 10.0. The van der Waals surface area contributed by atoms with Gasteiger partial charge in [0.25, 0.3) is 0 Å². The molecular formula is C21H32O2. The van der Waals surface area contributed by atoms with Crippen molar-refractivity contribution in [1.29, 1.82) is 0 Å². The number of ether oxygens (including phenoxy) is 2. The number of allylic oxidation sites excluding steroid dienone is 1. The highest BCUT2D eigenvalue weighted by Gasteiger charge is 2.58. The van der Waals surface area contributed by atoms with E-state index in [2.05, 4.69) is 19.9 Å². The van der Waals surface area contributed by atoms with Crippen LogP contribution in [0.15, 0.2) is 11.6 Å². The molecule has 1 spiro atoms. The van der Waals surface area contributed by atoms with E-state index in [9.17, 15) is 0 Å². The van der Waals surface area contributed by atoms with Crippen LogP contribution >= 0.6 is 0 Å². The Morgan fingerprint density at radius 2 is 1.78 bits per heavy atom. The fourth-order valence-electron chi connectivity index (χ4n) is 7.34. The van der Waals surface area contributed by atoms with E-state index < -0.39 is 0 Å². The van der Waals surface area contributed by atoms with E-state index in [1.165, 1.54) is 44.9 Å². The molecule has 1 aliphatic heterocycles. The van der Waals surface area contributed by atoms with Crippen LogP contribution in [0.3, 0.4) is 0 Å².